The molecule has 2 aliphatic rings. The van der Waals surface area contributed by atoms with Crippen molar-refractivity contribution in [1.82, 2.24) is 15.6 Å². The molecular formula is C13H18N4O. The highest BCUT2D eigenvalue weighted by Gasteiger charge is 2.31. The fraction of sp³-hybridized carbons (Fsp3) is 0.538. The molecule has 1 atom stereocenters. The number of nitrogens with one attached hydrogen (secondary N) is 2. The number of nitrogens with zero attached hydrogens (tertiary/aromatic N) is 2. The quantitative estimate of drug-likeness (QED) is 0.741. The van der Waals surface area contributed by atoms with Gasteiger partial charge in [-0.2, -0.15) is 0 Å². The second kappa shape index (κ2) is 4.57. The number of aromatic nitrogens is 1. The minimum absolute atomic E-state index is 0.0118. The van der Waals surface area contributed by atoms with E-state index in [1.54, 1.807) is 13.2 Å². The third-order valence-corrected chi connectivity index (χ3v) is 3.85. The van der Waals surface area contributed by atoms with Crippen LogP contribution >= 0.6 is 0 Å². The predicted molar refractivity (Wildman–Crippen MR) is 70.0 cm³/mol. The summed E-state index contributed by atoms with van der Waals surface area (Å²) in [5.41, 5.74) is 1.88. The minimum atomic E-state index is -0.0118. The summed E-state index contributed by atoms with van der Waals surface area (Å²) in [6.45, 7) is 2.98. The number of rotatable bonds is 1. The summed E-state index contributed by atoms with van der Waals surface area (Å²) < 4.78 is 0. The van der Waals surface area contributed by atoms with Crippen LogP contribution in [0.25, 0.3) is 0 Å². The Kier molecular flexibility index (Phi) is 2.91. The molecule has 96 valence electrons. The zero-order valence-corrected chi connectivity index (χ0v) is 10.6. The van der Waals surface area contributed by atoms with E-state index in [-0.39, 0.29) is 5.91 Å². The van der Waals surface area contributed by atoms with Crippen molar-refractivity contribution in [3.8, 4) is 0 Å². The molecule has 3 heterocycles. The lowest BCUT2D eigenvalue weighted by Gasteiger charge is -2.41. The first kappa shape index (κ1) is 11.5. The van der Waals surface area contributed by atoms with Crippen LogP contribution in [0.15, 0.2) is 12.3 Å². The number of piperazine rings is 1. The van der Waals surface area contributed by atoms with Crippen molar-refractivity contribution >= 4 is 11.7 Å². The first-order chi connectivity index (χ1) is 8.81. The van der Waals surface area contributed by atoms with E-state index in [1.807, 2.05) is 6.07 Å². The molecule has 3 rings (SSSR count). The van der Waals surface area contributed by atoms with E-state index in [9.17, 15) is 4.79 Å². The summed E-state index contributed by atoms with van der Waals surface area (Å²) in [6, 6.07) is 2.35. The Bertz CT molecular complexity index is 474. The molecule has 0 aromatic carbocycles. The Morgan fingerprint density at radius 3 is 3.33 bits per heavy atom. The second-order valence-corrected chi connectivity index (χ2v) is 4.83. The number of pyridine rings is 1. The van der Waals surface area contributed by atoms with Crippen molar-refractivity contribution in [1.29, 1.82) is 0 Å². The Hall–Kier alpha value is -1.62. The number of carbonyl (C=O) groups excluding carboxylic acids is 1. The molecule has 0 radical (unpaired) electrons. The first-order valence-electron chi connectivity index (χ1n) is 6.48. The fourth-order valence-corrected chi connectivity index (χ4v) is 2.93. The van der Waals surface area contributed by atoms with Gasteiger partial charge in [-0.05, 0) is 18.9 Å². The van der Waals surface area contributed by atoms with Crippen molar-refractivity contribution in [3.63, 3.8) is 0 Å². The maximum Gasteiger partial charge on any atom is 0.251 e. The molecular weight excluding hydrogens is 228 g/mol. The zero-order valence-electron chi connectivity index (χ0n) is 10.6. The first-order valence-corrected chi connectivity index (χ1v) is 6.48. The van der Waals surface area contributed by atoms with E-state index in [4.69, 9.17) is 0 Å². The van der Waals surface area contributed by atoms with Crippen LogP contribution in [0.4, 0.5) is 5.82 Å². The lowest BCUT2D eigenvalue weighted by atomic mass is 9.93. The number of amides is 1. The number of anilines is 1. The smallest absolute Gasteiger partial charge is 0.251 e. The lowest BCUT2D eigenvalue weighted by molar-refractivity contribution is 0.0962. The average Bonchev–Trinajstić information content (AvgIpc) is 2.45. The molecule has 5 nitrogen and oxygen atoms in total. The molecule has 1 aromatic heterocycles. The highest BCUT2D eigenvalue weighted by Crippen LogP contribution is 2.31. The SMILES string of the molecule is CNC(=O)c1ccnc2c1CCC1CNCCN21. The van der Waals surface area contributed by atoms with Crippen LogP contribution in [0.3, 0.4) is 0 Å². The van der Waals surface area contributed by atoms with E-state index < -0.39 is 0 Å². The van der Waals surface area contributed by atoms with Gasteiger partial charge in [-0.25, -0.2) is 4.98 Å². The molecule has 2 N–H and O–H groups in total. The van der Waals surface area contributed by atoms with Crippen LogP contribution in [0, 0.1) is 0 Å². The van der Waals surface area contributed by atoms with Gasteiger partial charge in [-0.1, -0.05) is 0 Å². The van der Waals surface area contributed by atoms with Gasteiger partial charge >= 0.3 is 0 Å². The third-order valence-electron chi connectivity index (χ3n) is 3.85. The van der Waals surface area contributed by atoms with Crippen molar-refractivity contribution in [2.24, 2.45) is 0 Å². The van der Waals surface area contributed by atoms with Gasteiger partial charge in [-0.15, -0.1) is 0 Å². The molecule has 18 heavy (non-hydrogen) atoms. The minimum Gasteiger partial charge on any atom is -0.355 e. The zero-order chi connectivity index (χ0) is 12.5. The van der Waals surface area contributed by atoms with Crippen molar-refractivity contribution < 1.29 is 4.79 Å². The number of carbonyl (C=O) groups is 1. The molecule has 0 spiro atoms. The van der Waals surface area contributed by atoms with Gasteiger partial charge < -0.3 is 15.5 Å². The topological polar surface area (TPSA) is 57.3 Å². The fourth-order valence-electron chi connectivity index (χ4n) is 2.93. The van der Waals surface area contributed by atoms with Gasteiger partial charge in [-0.3, -0.25) is 4.79 Å². The Morgan fingerprint density at radius 2 is 2.50 bits per heavy atom. The predicted octanol–water partition coefficient (Wildman–Crippen LogP) is 0.166. The summed E-state index contributed by atoms with van der Waals surface area (Å²) in [5.74, 6) is 0.996. The van der Waals surface area contributed by atoms with Gasteiger partial charge in [0.2, 0.25) is 0 Å². The normalized spacial score (nSPS) is 22.1. The molecule has 1 unspecified atom stereocenters. The van der Waals surface area contributed by atoms with E-state index >= 15 is 0 Å². The molecule has 0 saturated carbocycles. The molecule has 5 heteroatoms. The monoisotopic (exact) mass is 246 g/mol. The summed E-state index contributed by atoms with van der Waals surface area (Å²) in [6.07, 6.45) is 3.78. The highest BCUT2D eigenvalue weighted by molar-refractivity contribution is 5.96. The van der Waals surface area contributed by atoms with E-state index in [0.29, 0.717) is 6.04 Å². The van der Waals surface area contributed by atoms with Gasteiger partial charge in [0.15, 0.2) is 0 Å². The Labute approximate surface area is 107 Å². The maximum atomic E-state index is 11.9. The largest absolute Gasteiger partial charge is 0.355 e. The van der Waals surface area contributed by atoms with Gasteiger partial charge in [0.1, 0.15) is 5.82 Å². The third kappa shape index (κ3) is 1.75. The maximum absolute atomic E-state index is 11.9. The molecule has 1 saturated heterocycles. The summed E-state index contributed by atoms with van der Waals surface area (Å²) >= 11 is 0. The second-order valence-electron chi connectivity index (χ2n) is 4.83. The van der Waals surface area contributed by atoms with Crippen LogP contribution in [0.5, 0.6) is 0 Å². The van der Waals surface area contributed by atoms with Gasteiger partial charge in [0.25, 0.3) is 5.91 Å². The summed E-state index contributed by atoms with van der Waals surface area (Å²) in [7, 11) is 1.67. The van der Waals surface area contributed by atoms with Crippen LogP contribution in [-0.2, 0) is 6.42 Å². The summed E-state index contributed by atoms with van der Waals surface area (Å²) in [5, 5.41) is 6.12. The number of fused-ring (bicyclic) bond motifs is 3. The molecule has 0 bridgehead atoms. The molecule has 1 aromatic rings. The molecule has 1 fully saturated rings. The van der Waals surface area contributed by atoms with Gasteiger partial charge in [0, 0.05) is 50.0 Å². The Morgan fingerprint density at radius 1 is 1.61 bits per heavy atom. The van der Waals surface area contributed by atoms with Crippen LogP contribution in [-0.4, -0.2) is 43.6 Å². The molecule has 2 aliphatic heterocycles. The number of hydrogen-bond donors (Lipinski definition) is 2. The van der Waals surface area contributed by atoms with Crippen molar-refractivity contribution in [2.75, 3.05) is 31.6 Å². The van der Waals surface area contributed by atoms with E-state index in [1.165, 1.54) is 0 Å². The highest BCUT2D eigenvalue weighted by atomic mass is 16.1. The van der Waals surface area contributed by atoms with E-state index in [0.717, 1.165) is 49.4 Å². The molecule has 0 aliphatic carbocycles. The average molecular weight is 246 g/mol. The molecule has 1 amide bonds. The lowest BCUT2D eigenvalue weighted by Crippen LogP contribution is -2.54. The van der Waals surface area contributed by atoms with Crippen molar-refractivity contribution in [2.45, 2.75) is 18.9 Å². The van der Waals surface area contributed by atoms with Gasteiger partial charge in [0.05, 0.1) is 0 Å². The van der Waals surface area contributed by atoms with Crippen molar-refractivity contribution in [3.05, 3.63) is 23.4 Å². The van der Waals surface area contributed by atoms with E-state index in [2.05, 4.69) is 20.5 Å². The van der Waals surface area contributed by atoms with Crippen LogP contribution in [0.2, 0.25) is 0 Å². The summed E-state index contributed by atoms with van der Waals surface area (Å²) in [4.78, 5) is 18.7. The van der Waals surface area contributed by atoms with Crippen LogP contribution < -0.4 is 15.5 Å². The standard InChI is InChI=1S/C13H18N4O/c1-14-13(18)11-4-5-16-12-10(11)3-2-9-8-15-6-7-17(9)12/h4-5,9,15H,2-3,6-8H2,1H3,(H,14,18). The van der Waals surface area contributed by atoms with Crippen LogP contribution in [0.1, 0.15) is 22.3 Å². The Balaban J connectivity index is 2.02. The number of hydrogen-bond acceptors (Lipinski definition) is 4.